The molecule has 1 amide bonds. The van der Waals surface area contributed by atoms with Crippen molar-refractivity contribution in [2.75, 3.05) is 57.0 Å². The van der Waals surface area contributed by atoms with Crippen LogP contribution in [0.1, 0.15) is 22.3 Å². The molecule has 1 fully saturated rings. The van der Waals surface area contributed by atoms with Gasteiger partial charge in [0.05, 0.1) is 11.4 Å². The molecule has 10 heteroatoms. The van der Waals surface area contributed by atoms with Gasteiger partial charge in [-0.15, -0.1) is 0 Å². The van der Waals surface area contributed by atoms with E-state index in [9.17, 15) is 9.18 Å². The second-order valence-corrected chi connectivity index (χ2v) is 11.8. The number of aromatic nitrogens is 2. The van der Waals surface area contributed by atoms with Crippen molar-refractivity contribution in [3.63, 3.8) is 0 Å². The van der Waals surface area contributed by atoms with Gasteiger partial charge in [-0.3, -0.25) is 4.90 Å². The van der Waals surface area contributed by atoms with Gasteiger partial charge in [-0.05, 0) is 86.8 Å². The summed E-state index contributed by atoms with van der Waals surface area (Å²) in [5.41, 5.74) is 6.91. The molecule has 0 aliphatic carbocycles. The van der Waals surface area contributed by atoms with Gasteiger partial charge in [0, 0.05) is 62.1 Å². The van der Waals surface area contributed by atoms with E-state index in [4.69, 9.17) is 21.3 Å². The fourth-order valence-electron chi connectivity index (χ4n) is 5.15. The number of halogens is 2. The van der Waals surface area contributed by atoms with Gasteiger partial charge in [0.2, 0.25) is 11.8 Å². The van der Waals surface area contributed by atoms with Crippen LogP contribution in [0.2, 0.25) is 5.02 Å². The first-order valence-electron chi connectivity index (χ1n) is 14.7. The summed E-state index contributed by atoms with van der Waals surface area (Å²) < 4.78 is 20.1. The Balaban J connectivity index is 1.38. The molecule has 1 N–H and O–H groups in total. The first kappa shape index (κ1) is 31.4. The lowest BCUT2D eigenvalue weighted by Gasteiger charge is -2.32. The van der Waals surface area contributed by atoms with Crippen LogP contribution in [-0.2, 0) is 6.42 Å². The Morgan fingerprint density at radius 1 is 0.977 bits per heavy atom. The van der Waals surface area contributed by atoms with Gasteiger partial charge < -0.3 is 19.9 Å². The van der Waals surface area contributed by atoms with Crippen LogP contribution in [0.5, 0.6) is 5.88 Å². The molecule has 0 radical (unpaired) electrons. The summed E-state index contributed by atoms with van der Waals surface area (Å²) in [6.07, 6.45) is 0.159. The highest BCUT2D eigenvalue weighted by Crippen LogP contribution is 2.30. The van der Waals surface area contributed by atoms with Crippen LogP contribution in [0.15, 0.2) is 60.7 Å². The summed E-state index contributed by atoms with van der Waals surface area (Å²) in [4.78, 5) is 28.3. The number of amides is 1. The zero-order valence-corrected chi connectivity index (χ0v) is 26.6. The van der Waals surface area contributed by atoms with Crippen LogP contribution < -0.4 is 15.0 Å². The number of anilines is 3. The molecule has 1 aliphatic rings. The van der Waals surface area contributed by atoms with E-state index in [1.807, 2.05) is 31.2 Å². The van der Waals surface area contributed by atoms with Crippen LogP contribution in [0.4, 0.5) is 26.5 Å². The fourth-order valence-corrected chi connectivity index (χ4v) is 5.31. The number of nitrogens with zero attached hydrogens (tertiary/aromatic N) is 5. The molecule has 1 aliphatic heterocycles. The van der Waals surface area contributed by atoms with Gasteiger partial charge >= 0.3 is 6.09 Å². The average Bonchev–Trinajstić information content (AvgIpc) is 3.01. The Kier molecular flexibility index (Phi) is 9.78. The minimum atomic E-state index is -0.816. The maximum absolute atomic E-state index is 14.5. The van der Waals surface area contributed by atoms with Crippen LogP contribution in [0, 0.1) is 26.6 Å². The number of benzene rings is 3. The number of hydrogen-bond donors (Lipinski definition) is 1. The third-order valence-corrected chi connectivity index (χ3v) is 8.53. The standard InChI is InChI=1S/C34H38ClFN6O2/c1-22-6-12-28(24(3)23(22)2)30-21-32(44-34(43)41(5)31-20-26(35)9-13-29(31)36)39-33(38-30)37-27-10-7-25(8-11-27)14-15-42-18-16-40(4)17-19-42/h6-13,20-21H,14-19H2,1-5H3,(H,37,38,39). The van der Waals surface area contributed by atoms with Crippen molar-refractivity contribution >= 4 is 35.0 Å². The fraction of sp³-hybridized carbons (Fsp3) is 0.324. The van der Waals surface area contributed by atoms with Crippen molar-refractivity contribution in [1.82, 2.24) is 19.8 Å². The van der Waals surface area contributed by atoms with Crippen molar-refractivity contribution in [2.24, 2.45) is 0 Å². The smallest absolute Gasteiger partial charge is 0.391 e. The highest BCUT2D eigenvalue weighted by molar-refractivity contribution is 6.30. The summed E-state index contributed by atoms with van der Waals surface area (Å²) in [6, 6.07) is 17.8. The number of nitrogens with one attached hydrogen (secondary N) is 1. The zero-order valence-electron chi connectivity index (χ0n) is 25.8. The molecule has 230 valence electrons. The Bertz CT molecular complexity index is 1640. The molecule has 4 aromatic rings. The van der Waals surface area contributed by atoms with Gasteiger partial charge in [0.25, 0.3) is 0 Å². The van der Waals surface area contributed by atoms with Crippen LogP contribution in [0.25, 0.3) is 11.3 Å². The number of ether oxygens (including phenoxy) is 1. The lowest BCUT2D eigenvalue weighted by Crippen LogP contribution is -2.45. The lowest BCUT2D eigenvalue weighted by molar-refractivity contribution is 0.155. The molecule has 0 unspecified atom stereocenters. The van der Waals surface area contributed by atoms with Gasteiger partial charge in [-0.25, -0.2) is 14.2 Å². The molecular weight excluding hydrogens is 579 g/mol. The number of rotatable bonds is 8. The molecule has 0 spiro atoms. The molecule has 0 saturated carbocycles. The molecule has 3 aromatic carbocycles. The molecular formula is C34H38ClFN6O2. The Morgan fingerprint density at radius 2 is 1.70 bits per heavy atom. The first-order valence-corrected chi connectivity index (χ1v) is 15.1. The highest BCUT2D eigenvalue weighted by atomic mass is 35.5. The Hall–Kier alpha value is -4.05. The number of carbonyl (C=O) groups excluding carboxylic acids is 1. The number of aryl methyl sites for hydroxylation is 1. The van der Waals surface area contributed by atoms with Crippen molar-refractivity contribution in [2.45, 2.75) is 27.2 Å². The monoisotopic (exact) mass is 616 g/mol. The van der Waals surface area contributed by atoms with E-state index < -0.39 is 11.9 Å². The Morgan fingerprint density at radius 3 is 2.43 bits per heavy atom. The molecule has 8 nitrogen and oxygen atoms in total. The molecule has 2 heterocycles. The maximum Gasteiger partial charge on any atom is 0.420 e. The summed E-state index contributed by atoms with van der Waals surface area (Å²) in [5, 5.41) is 3.57. The second-order valence-electron chi connectivity index (χ2n) is 11.3. The lowest BCUT2D eigenvalue weighted by atomic mass is 9.97. The van der Waals surface area contributed by atoms with Crippen molar-refractivity contribution < 1.29 is 13.9 Å². The number of piperazine rings is 1. The van der Waals surface area contributed by atoms with E-state index in [1.54, 1.807) is 6.07 Å². The molecule has 44 heavy (non-hydrogen) atoms. The van der Waals surface area contributed by atoms with Crippen molar-refractivity contribution in [3.05, 3.63) is 93.8 Å². The maximum atomic E-state index is 14.5. The van der Waals surface area contributed by atoms with Crippen molar-refractivity contribution in [1.29, 1.82) is 0 Å². The van der Waals surface area contributed by atoms with Gasteiger partial charge in [-0.2, -0.15) is 4.98 Å². The van der Waals surface area contributed by atoms with Crippen LogP contribution >= 0.6 is 11.6 Å². The Labute approximate surface area is 263 Å². The number of carbonyl (C=O) groups is 1. The van der Waals surface area contributed by atoms with Crippen LogP contribution in [-0.4, -0.2) is 72.7 Å². The summed E-state index contributed by atoms with van der Waals surface area (Å²) in [5.74, 6) is -0.305. The topological polar surface area (TPSA) is 73.8 Å². The predicted octanol–water partition coefficient (Wildman–Crippen LogP) is 7.03. The minimum Gasteiger partial charge on any atom is -0.391 e. The van der Waals surface area contributed by atoms with Gasteiger partial charge in [0.1, 0.15) is 5.82 Å². The van der Waals surface area contributed by atoms with Crippen molar-refractivity contribution in [3.8, 4) is 17.1 Å². The molecule has 5 rings (SSSR count). The van der Waals surface area contributed by atoms with E-state index in [2.05, 4.69) is 53.1 Å². The number of likely N-dealkylation sites (N-methyl/N-ethyl adjacent to an activating group) is 1. The van der Waals surface area contributed by atoms with E-state index in [1.165, 1.54) is 36.4 Å². The van der Waals surface area contributed by atoms with Crippen LogP contribution in [0.3, 0.4) is 0 Å². The summed E-state index contributed by atoms with van der Waals surface area (Å²) >= 11 is 6.04. The third kappa shape index (κ3) is 7.53. The molecule has 0 bridgehead atoms. The quantitative estimate of drug-likeness (QED) is 0.228. The molecule has 1 saturated heterocycles. The van der Waals surface area contributed by atoms with Gasteiger partial charge in [0.15, 0.2) is 0 Å². The van der Waals surface area contributed by atoms with Gasteiger partial charge in [-0.1, -0.05) is 35.9 Å². The summed E-state index contributed by atoms with van der Waals surface area (Å²) in [6.45, 7) is 11.6. The van der Waals surface area contributed by atoms with E-state index in [-0.39, 0.29) is 17.5 Å². The minimum absolute atomic E-state index is 0.00663. The summed E-state index contributed by atoms with van der Waals surface area (Å²) in [7, 11) is 3.58. The largest absolute Gasteiger partial charge is 0.420 e. The van der Waals surface area contributed by atoms with E-state index in [0.717, 1.165) is 66.4 Å². The molecule has 1 aromatic heterocycles. The van der Waals surface area contributed by atoms with E-state index >= 15 is 0 Å². The molecule has 0 atom stereocenters. The first-order chi connectivity index (χ1) is 21.1. The zero-order chi connectivity index (χ0) is 31.4. The highest BCUT2D eigenvalue weighted by Gasteiger charge is 2.20. The van der Waals surface area contributed by atoms with E-state index in [0.29, 0.717) is 10.7 Å². The predicted molar refractivity (Wildman–Crippen MR) is 175 cm³/mol. The SMILES string of the molecule is Cc1ccc(-c2cc(OC(=O)N(C)c3cc(Cl)ccc3F)nc(Nc3ccc(CCN4CCN(C)CC4)cc3)n2)c(C)c1C. The normalized spacial score (nSPS) is 14.0. The third-order valence-electron chi connectivity index (χ3n) is 8.29. The average molecular weight is 617 g/mol. The number of hydrogen-bond acceptors (Lipinski definition) is 7. The second kappa shape index (κ2) is 13.7.